The predicted octanol–water partition coefficient (Wildman–Crippen LogP) is 3.98. The Morgan fingerprint density at radius 3 is 2.47 bits per heavy atom. The number of rotatable bonds is 6. The van der Waals surface area contributed by atoms with Crippen LogP contribution in [0.4, 0.5) is 17.2 Å². The molecule has 0 bridgehead atoms. The van der Waals surface area contributed by atoms with E-state index in [1.807, 2.05) is 36.4 Å². The van der Waals surface area contributed by atoms with Crippen LogP contribution in [-0.2, 0) is 9.53 Å². The lowest BCUT2D eigenvalue weighted by Crippen LogP contribution is -2.28. The minimum atomic E-state index is -0.620. The quantitative estimate of drug-likeness (QED) is 0.346. The number of nitrogens with zero attached hydrogens (tertiary/aromatic N) is 1. The first-order chi connectivity index (χ1) is 15.6. The molecule has 3 aromatic rings. The predicted molar refractivity (Wildman–Crippen MR) is 121 cm³/mol. The second-order valence-electron chi connectivity index (χ2n) is 7.54. The molecule has 1 aliphatic rings. The molecule has 2 aromatic carbocycles. The summed E-state index contributed by atoms with van der Waals surface area (Å²) in [7, 11) is 0. The van der Waals surface area contributed by atoms with Crippen molar-refractivity contribution in [1.29, 1.82) is 0 Å². The van der Waals surface area contributed by atoms with E-state index >= 15 is 0 Å². The molecule has 4 N–H and O–H groups in total. The Morgan fingerprint density at radius 2 is 1.72 bits per heavy atom. The Morgan fingerprint density at radius 1 is 0.938 bits per heavy atom. The van der Waals surface area contributed by atoms with Crippen LogP contribution in [0.2, 0.25) is 0 Å². The second kappa shape index (κ2) is 10.0. The van der Waals surface area contributed by atoms with E-state index in [1.54, 1.807) is 35.9 Å². The third-order valence-corrected chi connectivity index (χ3v) is 5.30. The fourth-order valence-electron chi connectivity index (χ4n) is 3.62. The summed E-state index contributed by atoms with van der Waals surface area (Å²) in [5, 5.41) is 15.3. The molecule has 32 heavy (non-hydrogen) atoms. The first-order valence-corrected chi connectivity index (χ1v) is 10.4. The van der Waals surface area contributed by atoms with E-state index in [4.69, 9.17) is 9.94 Å². The van der Waals surface area contributed by atoms with E-state index in [9.17, 15) is 9.59 Å². The molecule has 0 radical (unpaired) electrons. The number of hydrogen-bond donors (Lipinski definition) is 4. The first kappa shape index (κ1) is 21.5. The Bertz CT molecular complexity index is 1100. The molecule has 2 amide bonds. The van der Waals surface area contributed by atoms with Crippen LogP contribution in [0.5, 0.6) is 0 Å². The van der Waals surface area contributed by atoms with Gasteiger partial charge < -0.3 is 15.4 Å². The van der Waals surface area contributed by atoms with Crippen molar-refractivity contribution in [3.63, 3.8) is 0 Å². The van der Waals surface area contributed by atoms with Gasteiger partial charge in [-0.2, -0.15) is 0 Å². The fourth-order valence-corrected chi connectivity index (χ4v) is 3.62. The molecule has 0 saturated carbocycles. The molecule has 1 aromatic heterocycles. The highest BCUT2D eigenvalue weighted by atomic mass is 16.5. The van der Waals surface area contributed by atoms with Gasteiger partial charge in [-0.1, -0.05) is 18.2 Å². The fraction of sp³-hybridized carbons (Fsp3) is 0.208. The van der Waals surface area contributed by atoms with Crippen molar-refractivity contribution in [2.75, 3.05) is 23.8 Å². The first-order valence-electron chi connectivity index (χ1n) is 10.4. The zero-order chi connectivity index (χ0) is 22.3. The number of hydrogen-bond acceptors (Lipinski definition) is 6. The number of carbonyl (C=O) groups is 2. The van der Waals surface area contributed by atoms with Gasteiger partial charge >= 0.3 is 0 Å². The number of pyridine rings is 1. The smallest absolute Gasteiger partial charge is 0.274 e. The molecule has 0 unspecified atom stereocenters. The van der Waals surface area contributed by atoms with Crippen LogP contribution in [0.25, 0.3) is 11.1 Å². The van der Waals surface area contributed by atoms with E-state index in [-0.39, 0.29) is 17.4 Å². The number of para-hydroxylation sites is 1. The zero-order valence-electron chi connectivity index (χ0n) is 17.4. The van der Waals surface area contributed by atoms with Crippen molar-refractivity contribution in [3.05, 3.63) is 72.4 Å². The third-order valence-electron chi connectivity index (χ3n) is 5.30. The molecule has 164 valence electrons. The highest BCUT2D eigenvalue weighted by Crippen LogP contribution is 2.28. The minimum absolute atomic E-state index is 0.0715. The molecular formula is C24H24N4O4. The summed E-state index contributed by atoms with van der Waals surface area (Å²) < 4.78 is 5.32. The number of ether oxygens (including phenoxy) is 1. The summed E-state index contributed by atoms with van der Waals surface area (Å²) in [4.78, 5) is 28.9. The number of hydroxylamine groups is 1. The molecule has 0 spiro atoms. The van der Waals surface area contributed by atoms with Crippen molar-refractivity contribution in [2.24, 2.45) is 5.92 Å². The van der Waals surface area contributed by atoms with Gasteiger partial charge in [-0.25, -0.2) is 10.5 Å². The van der Waals surface area contributed by atoms with Gasteiger partial charge in [0.15, 0.2) is 0 Å². The number of benzene rings is 2. The molecule has 0 atom stereocenters. The van der Waals surface area contributed by atoms with Crippen molar-refractivity contribution in [2.45, 2.75) is 12.8 Å². The summed E-state index contributed by atoms with van der Waals surface area (Å²) >= 11 is 0. The molecule has 1 aliphatic heterocycles. The monoisotopic (exact) mass is 432 g/mol. The summed E-state index contributed by atoms with van der Waals surface area (Å²) in [6, 6.07) is 18.3. The van der Waals surface area contributed by atoms with E-state index < -0.39 is 5.91 Å². The van der Waals surface area contributed by atoms with Crippen molar-refractivity contribution < 1.29 is 19.5 Å². The maximum atomic E-state index is 12.6. The highest BCUT2D eigenvalue weighted by Gasteiger charge is 2.22. The van der Waals surface area contributed by atoms with Gasteiger partial charge in [-0.3, -0.25) is 14.8 Å². The van der Waals surface area contributed by atoms with Crippen LogP contribution in [0, 0.1) is 5.92 Å². The summed E-state index contributed by atoms with van der Waals surface area (Å²) in [6.07, 6.45) is 2.99. The largest absolute Gasteiger partial charge is 0.381 e. The van der Waals surface area contributed by atoms with Gasteiger partial charge in [0.2, 0.25) is 5.91 Å². The highest BCUT2D eigenvalue weighted by molar-refractivity contribution is 5.96. The zero-order valence-corrected chi connectivity index (χ0v) is 17.4. The lowest BCUT2D eigenvalue weighted by atomic mass is 9.99. The van der Waals surface area contributed by atoms with Crippen LogP contribution in [0.3, 0.4) is 0 Å². The SMILES string of the molecule is O=C(NO)c1cc(Nc2ccccc2)cc(-c2ccnc(NC(=O)C3CCOCC3)c2)c1. The molecule has 8 heteroatoms. The number of anilines is 3. The Kier molecular flexibility index (Phi) is 6.74. The molecule has 4 rings (SSSR count). The molecule has 2 heterocycles. The van der Waals surface area contributed by atoms with E-state index in [2.05, 4.69) is 15.6 Å². The average molecular weight is 432 g/mol. The van der Waals surface area contributed by atoms with Gasteiger partial charge in [0.1, 0.15) is 5.82 Å². The summed E-state index contributed by atoms with van der Waals surface area (Å²) in [5.41, 5.74) is 5.00. The average Bonchev–Trinajstić information content (AvgIpc) is 2.84. The van der Waals surface area contributed by atoms with Gasteiger partial charge in [0, 0.05) is 42.3 Å². The third kappa shape index (κ3) is 5.29. The number of amides is 2. The van der Waals surface area contributed by atoms with Crippen molar-refractivity contribution in [3.8, 4) is 11.1 Å². The van der Waals surface area contributed by atoms with Crippen LogP contribution in [0.15, 0.2) is 66.9 Å². The van der Waals surface area contributed by atoms with E-state index in [0.29, 0.717) is 37.6 Å². The maximum absolute atomic E-state index is 12.6. The molecule has 1 fully saturated rings. The van der Waals surface area contributed by atoms with Gasteiger partial charge in [-0.05, 0) is 66.4 Å². The van der Waals surface area contributed by atoms with E-state index in [0.717, 1.165) is 16.8 Å². The lowest BCUT2D eigenvalue weighted by Gasteiger charge is -2.21. The van der Waals surface area contributed by atoms with Gasteiger partial charge in [0.05, 0.1) is 0 Å². The number of aromatic nitrogens is 1. The lowest BCUT2D eigenvalue weighted by molar-refractivity contribution is -0.122. The van der Waals surface area contributed by atoms with Crippen molar-refractivity contribution in [1.82, 2.24) is 10.5 Å². The van der Waals surface area contributed by atoms with E-state index in [1.165, 1.54) is 0 Å². The van der Waals surface area contributed by atoms with Crippen LogP contribution < -0.4 is 16.1 Å². The topological polar surface area (TPSA) is 113 Å². The Hall–Kier alpha value is -3.75. The molecule has 8 nitrogen and oxygen atoms in total. The summed E-state index contributed by atoms with van der Waals surface area (Å²) in [6.45, 7) is 1.17. The maximum Gasteiger partial charge on any atom is 0.274 e. The number of nitrogens with one attached hydrogen (secondary N) is 3. The van der Waals surface area contributed by atoms with Crippen LogP contribution in [0.1, 0.15) is 23.2 Å². The Labute approximate surface area is 185 Å². The molecular weight excluding hydrogens is 408 g/mol. The number of carbonyl (C=O) groups excluding carboxylic acids is 2. The van der Waals surface area contributed by atoms with Crippen LogP contribution >= 0.6 is 0 Å². The molecule has 0 aliphatic carbocycles. The van der Waals surface area contributed by atoms with Gasteiger partial charge in [0.25, 0.3) is 5.91 Å². The van der Waals surface area contributed by atoms with Crippen LogP contribution in [-0.4, -0.2) is 35.2 Å². The minimum Gasteiger partial charge on any atom is -0.381 e. The van der Waals surface area contributed by atoms with Crippen molar-refractivity contribution >= 4 is 29.0 Å². The summed E-state index contributed by atoms with van der Waals surface area (Å²) in [5.74, 6) is -0.344. The molecule has 1 saturated heterocycles. The normalized spacial score (nSPS) is 13.9. The second-order valence-corrected chi connectivity index (χ2v) is 7.54. The van der Waals surface area contributed by atoms with Gasteiger partial charge in [-0.15, -0.1) is 0 Å². The Balaban J connectivity index is 1.61. The standard InChI is InChI=1S/C24H24N4O4/c29-23(16-7-10-32-11-8-16)27-22-15-17(6-9-25-22)18-12-19(24(30)28-31)14-21(13-18)26-20-4-2-1-3-5-20/h1-6,9,12-16,26,31H,7-8,10-11H2,(H,28,30)(H,25,27,29).